The third-order valence-electron chi connectivity index (χ3n) is 1.38. The molecule has 0 spiro atoms. The molecule has 1 rings (SSSR count). The lowest BCUT2D eigenvalue weighted by Gasteiger charge is -1.98. The molecule has 2 N–H and O–H groups in total. The number of pyridine rings is 1. The Bertz CT molecular complexity index is 253. The van der Waals surface area contributed by atoms with Gasteiger partial charge in [-0.05, 0) is 24.1 Å². The molecule has 1 aromatic heterocycles. The number of nitrogen functional groups attached to an aromatic ring is 1. The lowest BCUT2D eigenvalue weighted by Crippen LogP contribution is -1.93. The second kappa shape index (κ2) is 2.52. The highest BCUT2D eigenvalue weighted by molar-refractivity contribution is 5.51. The van der Waals surface area contributed by atoms with E-state index in [0.717, 1.165) is 11.1 Å². The van der Waals surface area contributed by atoms with Crippen molar-refractivity contribution >= 4 is 11.9 Å². The molecule has 0 radical (unpaired) electrons. The summed E-state index contributed by atoms with van der Waals surface area (Å²) in [4.78, 5) is 3.96. The molecule has 52 valence electrons. The molecule has 10 heavy (non-hydrogen) atoms. The summed E-state index contributed by atoms with van der Waals surface area (Å²) in [6.45, 7) is 5.55. The van der Waals surface area contributed by atoms with Crippen LogP contribution in [-0.4, -0.2) is 4.98 Å². The zero-order valence-electron chi connectivity index (χ0n) is 5.96. The van der Waals surface area contributed by atoms with E-state index in [0.29, 0.717) is 5.82 Å². The van der Waals surface area contributed by atoms with Crippen molar-refractivity contribution in [2.45, 2.75) is 6.92 Å². The van der Waals surface area contributed by atoms with Crippen molar-refractivity contribution in [3.63, 3.8) is 0 Å². The van der Waals surface area contributed by atoms with Crippen LogP contribution in [0.15, 0.2) is 18.8 Å². The molecule has 0 unspecified atom stereocenters. The smallest absolute Gasteiger partial charge is 0.126 e. The van der Waals surface area contributed by atoms with Gasteiger partial charge in [0.2, 0.25) is 0 Å². The summed E-state index contributed by atoms with van der Waals surface area (Å²) in [6, 6.07) is 1.95. The van der Waals surface area contributed by atoms with Crippen molar-refractivity contribution < 1.29 is 0 Å². The molecular formula is C8H10N2. The lowest BCUT2D eigenvalue weighted by atomic mass is 10.2. The minimum absolute atomic E-state index is 0.589. The van der Waals surface area contributed by atoms with E-state index in [-0.39, 0.29) is 0 Å². The highest BCUT2D eigenvalue weighted by Gasteiger charge is 1.92. The Labute approximate surface area is 60.4 Å². The molecule has 0 fully saturated rings. The lowest BCUT2D eigenvalue weighted by molar-refractivity contribution is 1.27. The fraction of sp³-hybridized carbons (Fsp3) is 0.125. The van der Waals surface area contributed by atoms with Gasteiger partial charge in [-0.1, -0.05) is 12.7 Å². The van der Waals surface area contributed by atoms with Crippen molar-refractivity contribution in [1.82, 2.24) is 4.98 Å². The number of hydrogen-bond acceptors (Lipinski definition) is 2. The second-order valence-corrected chi connectivity index (χ2v) is 2.17. The number of aryl methyl sites for hydroxylation is 1. The van der Waals surface area contributed by atoms with Crippen LogP contribution in [0, 0.1) is 6.92 Å². The Morgan fingerprint density at radius 3 is 2.90 bits per heavy atom. The van der Waals surface area contributed by atoms with Crippen LogP contribution >= 0.6 is 0 Å². The molecule has 0 saturated heterocycles. The normalized spacial score (nSPS) is 9.30. The molecular weight excluding hydrogens is 124 g/mol. The van der Waals surface area contributed by atoms with Crippen LogP contribution in [0.3, 0.4) is 0 Å². The van der Waals surface area contributed by atoms with E-state index in [1.165, 1.54) is 0 Å². The van der Waals surface area contributed by atoms with Crippen LogP contribution in [-0.2, 0) is 0 Å². The van der Waals surface area contributed by atoms with E-state index in [9.17, 15) is 0 Å². The Hall–Kier alpha value is -1.31. The second-order valence-electron chi connectivity index (χ2n) is 2.17. The first-order valence-corrected chi connectivity index (χ1v) is 3.08. The summed E-state index contributed by atoms with van der Waals surface area (Å²) < 4.78 is 0. The monoisotopic (exact) mass is 134 g/mol. The molecule has 1 aromatic rings. The highest BCUT2D eigenvalue weighted by atomic mass is 14.8. The largest absolute Gasteiger partial charge is 0.383 e. The highest BCUT2D eigenvalue weighted by Crippen LogP contribution is 2.08. The zero-order valence-corrected chi connectivity index (χ0v) is 5.96. The number of aromatic nitrogens is 1. The fourth-order valence-electron chi connectivity index (χ4n) is 0.719. The van der Waals surface area contributed by atoms with Crippen LogP contribution in [0.4, 0.5) is 5.82 Å². The van der Waals surface area contributed by atoms with Gasteiger partial charge >= 0.3 is 0 Å². The van der Waals surface area contributed by atoms with Gasteiger partial charge in [0, 0.05) is 6.20 Å². The van der Waals surface area contributed by atoms with Crippen LogP contribution in [0.2, 0.25) is 0 Å². The van der Waals surface area contributed by atoms with Crippen molar-refractivity contribution in [2.75, 3.05) is 5.73 Å². The quantitative estimate of drug-likeness (QED) is 0.633. The van der Waals surface area contributed by atoms with Gasteiger partial charge in [0.15, 0.2) is 0 Å². The fourth-order valence-corrected chi connectivity index (χ4v) is 0.719. The summed E-state index contributed by atoms with van der Waals surface area (Å²) in [5.74, 6) is 0.589. The number of hydrogen-bond donors (Lipinski definition) is 1. The predicted molar refractivity (Wildman–Crippen MR) is 43.5 cm³/mol. The maximum Gasteiger partial charge on any atom is 0.126 e. The predicted octanol–water partition coefficient (Wildman–Crippen LogP) is 1.62. The maximum atomic E-state index is 5.50. The van der Waals surface area contributed by atoms with E-state index in [1.807, 2.05) is 13.0 Å². The van der Waals surface area contributed by atoms with E-state index in [1.54, 1.807) is 12.3 Å². The average molecular weight is 134 g/mol. The minimum Gasteiger partial charge on any atom is -0.383 e. The molecule has 0 aliphatic rings. The maximum absolute atomic E-state index is 5.50. The number of nitrogens with two attached hydrogens (primary N) is 1. The van der Waals surface area contributed by atoms with Gasteiger partial charge in [-0.2, -0.15) is 0 Å². The van der Waals surface area contributed by atoms with Crippen molar-refractivity contribution in [3.8, 4) is 0 Å². The summed E-state index contributed by atoms with van der Waals surface area (Å²) >= 11 is 0. The van der Waals surface area contributed by atoms with Crippen molar-refractivity contribution in [1.29, 1.82) is 0 Å². The van der Waals surface area contributed by atoms with E-state index < -0.39 is 0 Å². The summed E-state index contributed by atoms with van der Waals surface area (Å²) in [5, 5.41) is 0. The zero-order chi connectivity index (χ0) is 7.56. The molecule has 2 nitrogen and oxygen atoms in total. The number of anilines is 1. The standard InChI is InChI=1S/C8H10N2/c1-3-7-4-6(2)8(9)10-5-7/h3-5H,1H2,2H3,(H2,9,10). The van der Waals surface area contributed by atoms with Crippen LogP contribution in [0.1, 0.15) is 11.1 Å². The first kappa shape index (κ1) is 6.81. The third-order valence-corrected chi connectivity index (χ3v) is 1.38. The minimum atomic E-state index is 0.589. The molecule has 0 saturated carbocycles. The van der Waals surface area contributed by atoms with E-state index in [4.69, 9.17) is 5.73 Å². The van der Waals surface area contributed by atoms with Gasteiger partial charge in [-0.25, -0.2) is 4.98 Å². The number of nitrogens with zero attached hydrogens (tertiary/aromatic N) is 1. The van der Waals surface area contributed by atoms with Crippen LogP contribution < -0.4 is 5.73 Å². The Kier molecular flexibility index (Phi) is 1.71. The van der Waals surface area contributed by atoms with Crippen LogP contribution in [0.25, 0.3) is 6.08 Å². The van der Waals surface area contributed by atoms with Gasteiger partial charge in [0.1, 0.15) is 5.82 Å². The molecule has 0 aromatic carbocycles. The number of rotatable bonds is 1. The summed E-state index contributed by atoms with van der Waals surface area (Å²) in [5.41, 5.74) is 7.50. The Balaban J connectivity index is 3.16. The van der Waals surface area contributed by atoms with Gasteiger partial charge in [-0.3, -0.25) is 0 Å². The first-order valence-electron chi connectivity index (χ1n) is 3.08. The third kappa shape index (κ3) is 1.16. The van der Waals surface area contributed by atoms with Crippen molar-refractivity contribution in [2.24, 2.45) is 0 Å². The van der Waals surface area contributed by atoms with Gasteiger partial charge in [0.25, 0.3) is 0 Å². The molecule has 0 amide bonds. The molecule has 1 heterocycles. The van der Waals surface area contributed by atoms with E-state index >= 15 is 0 Å². The van der Waals surface area contributed by atoms with Crippen LogP contribution in [0.5, 0.6) is 0 Å². The Morgan fingerprint density at radius 2 is 2.40 bits per heavy atom. The topological polar surface area (TPSA) is 38.9 Å². The van der Waals surface area contributed by atoms with E-state index in [2.05, 4.69) is 11.6 Å². The van der Waals surface area contributed by atoms with Gasteiger partial charge in [-0.15, -0.1) is 0 Å². The SMILES string of the molecule is C=Cc1cnc(N)c(C)c1. The van der Waals surface area contributed by atoms with Gasteiger partial charge in [0.05, 0.1) is 0 Å². The summed E-state index contributed by atoms with van der Waals surface area (Å²) in [7, 11) is 0. The van der Waals surface area contributed by atoms with Gasteiger partial charge < -0.3 is 5.73 Å². The average Bonchev–Trinajstić information content (AvgIpc) is 1.95. The first-order chi connectivity index (χ1) is 4.74. The molecule has 0 bridgehead atoms. The molecule has 0 aliphatic heterocycles. The summed E-state index contributed by atoms with van der Waals surface area (Å²) in [6.07, 6.45) is 3.45. The molecule has 0 atom stereocenters. The Morgan fingerprint density at radius 1 is 1.70 bits per heavy atom. The molecule has 0 aliphatic carbocycles. The molecule has 2 heteroatoms. The van der Waals surface area contributed by atoms with Crippen molar-refractivity contribution in [3.05, 3.63) is 30.0 Å².